The Morgan fingerprint density at radius 3 is 2.41 bits per heavy atom. The van der Waals surface area contributed by atoms with Gasteiger partial charge >= 0.3 is 5.97 Å². The average molecular weight is 512 g/mol. The molecule has 4 aromatic carbocycles. The van der Waals surface area contributed by atoms with E-state index in [2.05, 4.69) is 30.3 Å². The maximum Gasteiger partial charge on any atom is 0.341 e. The van der Waals surface area contributed by atoms with Crippen LogP contribution in [0, 0.1) is 6.92 Å². The first-order chi connectivity index (χ1) is 18.0. The normalized spacial score (nSPS) is 10.9. The van der Waals surface area contributed by atoms with Crippen molar-refractivity contribution in [3.05, 3.63) is 94.8 Å². The van der Waals surface area contributed by atoms with Crippen LogP contribution in [0.3, 0.4) is 0 Å². The largest absolute Gasteiger partial charge is 0.497 e. The van der Waals surface area contributed by atoms with Crippen LogP contribution in [0.25, 0.3) is 33.2 Å². The van der Waals surface area contributed by atoms with E-state index in [-0.39, 0.29) is 0 Å². The van der Waals surface area contributed by atoms with Gasteiger partial charge in [-0.15, -0.1) is 11.3 Å². The van der Waals surface area contributed by atoms with Crippen molar-refractivity contribution in [2.24, 2.45) is 0 Å². The summed E-state index contributed by atoms with van der Waals surface area (Å²) >= 11 is 1.55. The number of thiazole rings is 1. The van der Waals surface area contributed by atoms with Crippen molar-refractivity contribution >= 4 is 28.1 Å². The van der Waals surface area contributed by atoms with E-state index in [1.54, 1.807) is 18.4 Å². The van der Waals surface area contributed by atoms with Gasteiger partial charge in [-0.25, -0.2) is 9.78 Å². The molecular formula is C30H25NO5S. The number of hydrogen-bond donors (Lipinski definition) is 1. The van der Waals surface area contributed by atoms with Crippen LogP contribution in [-0.4, -0.2) is 29.8 Å². The third-order valence-electron chi connectivity index (χ3n) is 5.98. The molecule has 0 saturated carbocycles. The van der Waals surface area contributed by atoms with E-state index in [4.69, 9.17) is 24.3 Å². The molecule has 1 aromatic heterocycles. The lowest BCUT2D eigenvalue weighted by Gasteiger charge is -2.16. The fourth-order valence-corrected chi connectivity index (χ4v) is 4.78. The number of aliphatic carboxylic acids is 1. The van der Waals surface area contributed by atoms with Crippen molar-refractivity contribution in [3.8, 4) is 39.6 Å². The Morgan fingerprint density at radius 1 is 0.892 bits per heavy atom. The molecule has 7 heteroatoms. The minimum atomic E-state index is -1.03. The maximum absolute atomic E-state index is 11.0. The molecule has 0 unspecified atom stereocenters. The number of aromatic nitrogens is 1. The number of rotatable bonds is 9. The second kappa shape index (κ2) is 10.7. The van der Waals surface area contributed by atoms with E-state index in [0.717, 1.165) is 38.7 Å². The molecule has 1 heterocycles. The number of methoxy groups -OCH3 is 1. The van der Waals surface area contributed by atoms with Crippen LogP contribution in [0.4, 0.5) is 0 Å². The number of hydrogen-bond acceptors (Lipinski definition) is 6. The molecule has 1 N–H and O–H groups in total. The molecule has 0 spiro atoms. The van der Waals surface area contributed by atoms with Crippen molar-refractivity contribution in [3.63, 3.8) is 0 Å². The number of carboxylic acid groups (broad SMARTS) is 1. The van der Waals surface area contributed by atoms with Crippen molar-refractivity contribution in [2.45, 2.75) is 13.5 Å². The van der Waals surface area contributed by atoms with Crippen LogP contribution in [0.2, 0.25) is 0 Å². The zero-order valence-electron chi connectivity index (χ0n) is 20.4. The fraction of sp³-hybridized carbons (Fsp3) is 0.133. The average Bonchev–Trinajstić information content (AvgIpc) is 3.40. The predicted octanol–water partition coefficient (Wildman–Crippen LogP) is 6.99. The lowest BCUT2D eigenvalue weighted by Crippen LogP contribution is -2.10. The van der Waals surface area contributed by atoms with Crippen LogP contribution in [0.15, 0.2) is 84.2 Å². The molecule has 0 atom stereocenters. The summed E-state index contributed by atoms with van der Waals surface area (Å²) in [6, 6.07) is 25.9. The Morgan fingerprint density at radius 2 is 1.65 bits per heavy atom. The molecule has 186 valence electrons. The number of fused-ring (bicyclic) bond motifs is 1. The van der Waals surface area contributed by atoms with Crippen molar-refractivity contribution in [2.75, 3.05) is 13.7 Å². The predicted molar refractivity (Wildman–Crippen MR) is 146 cm³/mol. The lowest BCUT2D eigenvalue weighted by molar-refractivity contribution is -0.139. The third kappa shape index (κ3) is 5.57. The standard InChI is InChI=1S/C30H25NO5S/c1-19-13-28(25(15-27(19)36-17-30(32)33)21-9-11-24(34-2)12-10-21)35-16-29-31-26(18-37-29)23-8-7-20-5-3-4-6-22(20)14-23/h3-15,18H,16-17H2,1-2H3,(H,32,33). The number of carbonyl (C=O) groups is 1. The number of benzene rings is 4. The van der Waals surface area contributed by atoms with Gasteiger partial charge in [-0.1, -0.05) is 48.5 Å². The SMILES string of the molecule is COc1ccc(-c2cc(OCC(=O)O)c(C)cc2OCc2nc(-c3ccc4ccccc4c3)cs2)cc1. The zero-order chi connectivity index (χ0) is 25.8. The first-order valence-electron chi connectivity index (χ1n) is 11.7. The van der Waals surface area contributed by atoms with Gasteiger partial charge in [0.2, 0.25) is 0 Å². The molecule has 0 saturated heterocycles. The monoisotopic (exact) mass is 511 g/mol. The number of ether oxygens (including phenoxy) is 3. The zero-order valence-corrected chi connectivity index (χ0v) is 21.2. The van der Waals surface area contributed by atoms with E-state index in [0.29, 0.717) is 18.1 Å². The van der Waals surface area contributed by atoms with Gasteiger partial charge < -0.3 is 19.3 Å². The molecule has 0 fully saturated rings. The van der Waals surface area contributed by atoms with Crippen LogP contribution in [-0.2, 0) is 11.4 Å². The van der Waals surface area contributed by atoms with Crippen molar-refractivity contribution < 1.29 is 24.1 Å². The quantitative estimate of drug-likeness (QED) is 0.230. The minimum absolute atomic E-state index is 0.302. The summed E-state index contributed by atoms with van der Waals surface area (Å²) in [5.41, 5.74) is 4.45. The summed E-state index contributed by atoms with van der Waals surface area (Å²) in [4.78, 5) is 15.8. The second-order valence-electron chi connectivity index (χ2n) is 8.50. The molecular weight excluding hydrogens is 486 g/mol. The molecule has 0 aliphatic rings. The topological polar surface area (TPSA) is 77.9 Å². The molecule has 5 rings (SSSR count). The second-order valence-corrected chi connectivity index (χ2v) is 9.44. The third-order valence-corrected chi connectivity index (χ3v) is 6.80. The number of carboxylic acids is 1. The van der Waals surface area contributed by atoms with E-state index < -0.39 is 12.6 Å². The Labute approximate surface area is 218 Å². The van der Waals surface area contributed by atoms with E-state index >= 15 is 0 Å². The summed E-state index contributed by atoms with van der Waals surface area (Å²) in [7, 11) is 1.62. The van der Waals surface area contributed by atoms with Gasteiger partial charge in [0.05, 0.1) is 12.8 Å². The molecule has 0 aliphatic heterocycles. The van der Waals surface area contributed by atoms with Crippen LogP contribution >= 0.6 is 11.3 Å². The first kappa shape index (κ1) is 24.3. The highest BCUT2D eigenvalue weighted by Gasteiger charge is 2.15. The molecule has 6 nitrogen and oxygen atoms in total. The summed E-state index contributed by atoms with van der Waals surface area (Å²) in [5, 5.41) is 14.3. The molecule has 0 aliphatic carbocycles. The Hall–Kier alpha value is -4.36. The van der Waals surface area contributed by atoms with Gasteiger partial charge in [0.15, 0.2) is 6.61 Å². The van der Waals surface area contributed by atoms with Crippen molar-refractivity contribution in [1.82, 2.24) is 4.98 Å². The summed E-state index contributed by atoms with van der Waals surface area (Å²) in [6.45, 7) is 1.75. The highest BCUT2D eigenvalue weighted by atomic mass is 32.1. The van der Waals surface area contributed by atoms with E-state index in [1.807, 2.05) is 60.8 Å². The van der Waals surface area contributed by atoms with Gasteiger partial charge in [-0.3, -0.25) is 0 Å². The van der Waals surface area contributed by atoms with Crippen LogP contribution < -0.4 is 14.2 Å². The molecule has 0 bridgehead atoms. The van der Waals surface area contributed by atoms with Gasteiger partial charge in [0.1, 0.15) is 28.9 Å². The van der Waals surface area contributed by atoms with Crippen LogP contribution in [0.1, 0.15) is 10.6 Å². The Balaban J connectivity index is 1.40. The van der Waals surface area contributed by atoms with E-state index in [1.165, 1.54) is 10.8 Å². The maximum atomic E-state index is 11.0. The van der Waals surface area contributed by atoms with Gasteiger partial charge in [-0.2, -0.15) is 0 Å². The Kier molecular flexibility index (Phi) is 7.05. The number of aryl methyl sites for hydroxylation is 1. The molecule has 37 heavy (non-hydrogen) atoms. The summed E-state index contributed by atoms with van der Waals surface area (Å²) < 4.78 is 17.1. The van der Waals surface area contributed by atoms with E-state index in [9.17, 15) is 4.79 Å². The summed E-state index contributed by atoms with van der Waals surface area (Å²) in [5.74, 6) is 0.864. The number of nitrogens with zero attached hydrogens (tertiary/aromatic N) is 1. The highest BCUT2D eigenvalue weighted by Crippen LogP contribution is 2.37. The van der Waals surface area contributed by atoms with Gasteiger partial charge in [0.25, 0.3) is 0 Å². The lowest BCUT2D eigenvalue weighted by atomic mass is 10.0. The van der Waals surface area contributed by atoms with Gasteiger partial charge in [-0.05, 0) is 59.2 Å². The van der Waals surface area contributed by atoms with Crippen LogP contribution in [0.5, 0.6) is 17.2 Å². The fourth-order valence-electron chi connectivity index (χ4n) is 4.07. The van der Waals surface area contributed by atoms with Crippen molar-refractivity contribution in [1.29, 1.82) is 0 Å². The molecule has 5 aromatic rings. The highest BCUT2D eigenvalue weighted by molar-refractivity contribution is 7.09. The van der Waals surface area contributed by atoms with Gasteiger partial charge in [0, 0.05) is 16.5 Å². The minimum Gasteiger partial charge on any atom is -0.497 e. The smallest absolute Gasteiger partial charge is 0.341 e. The molecule has 0 radical (unpaired) electrons. The summed E-state index contributed by atoms with van der Waals surface area (Å²) in [6.07, 6.45) is 0. The Bertz CT molecular complexity index is 1560. The molecule has 0 amide bonds. The first-order valence-corrected chi connectivity index (χ1v) is 12.6.